The predicted molar refractivity (Wildman–Crippen MR) is 81.5 cm³/mol. The Morgan fingerprint density at radius 1 is 1.26 bits per heavy atom. The number of amides is 1. The van der Waals surface area contributed by atoms with Crippen molar-refractivity contribution in [2.24, 2.45) is 0 Å². The summed E-state index contributed by atoms with van der Waals surface area (Å²) in [6, 6.07) is 12.2. The quantitative estimate of drug-likeness (QED) is 0.809. The summed E-state index contributed by atoms with van der Waals surface area (Å²) in [7, 11) is 0. The molecule has 2 nitrogen and oxygen atoms in total. The highest BCUT2D eigenvalue weighted by Crippen LogP contribution is 2.13. The Hall–Kier alpha value is -1.87. The average Bonchev–Trinajstić information content (AvgIpc) is 2.90. The molecule has 0 aliphatic heterocycles. The van der Waals surface area contributed by atoms with Crippen LogP contribution in [-0.2, 0) is 11.2 Å². The Bertz CT molecular complexity index is 543. The van der Waals surface area contributed by atoms with Crippen molar-refractivity contribution < 1.29 is 4.79 Å². The van der Waals surface area contributed by atoms with Crippen LogP contribution in [0.15, 0.2) is 58.8 Å². The Balaban J connectivity index is 1.83. The molecule has 1 N–H and O–H groups in total. The zero-order valence-corrected chi connectivity index (χ0v) is 11.7. The van der Waals surface area contributed by atoms with Crippen molar-refractivity contribution >= 4 is 22.9 Å². The largest absolute Gasteiger partial charge is 0.322 e. The molecule has 2 rings (SSSR count). The maximum Gasteiger partial charge on any atom is 0.248 e. The van der Waals surface area contributed by atoms with E-state index in [1.54, 1.807) is 17.4 Å². The maximum absolute atomic E-state index is 11.7. The first-order valence-corrected chi connectivity index (χ1v) is 7.22. The number of anilines is 1. The summed E-state index contributed by atoms with van der Waals surface area (Å²) in [6.45, 7) is 2.00. The van der Waals surface area contributed by atoms with Crippen LogP contribution in [0.25, 0.3) is 0 Å². The van der Waals surface area contributed by atoms with E-state index >= 15 is 0 Å². The summed E-state index contributed by atoms with van der Waals surface area (Å²) < 4.78 is 0. The Morgan fingerprint density at radius 3 is 2.74 bits per heavy atom. The predicted octanol–water partition coefficient (Wildman–Crippen LogP) is 4.27. The molecule has 1 aromatic heterocycles. The molecule has 1 amide bonds. The van der Waals surface area contributed by atoms with Gasteiger partial charge in [-0.15, -0.1) is 0 Å². The fourth-order valence-electron chi connectivity index (χ4n) is 1.80. The third-order valence-corrected chi connectivity index (χ3v) is 3.50. The third kappa shape index (κ3) is 4.72. The van der Waals surface area contributed by atoms with Gasteiger partial charge in [-0.25, -0.2) is 0 Å². The van der Waals surface area contributed by atoms with Gasteiger partial charge in [0.15, 0.2) is 0 Å². The number of nitrogens with one attached hydrogen (secondary N) is 1. The van der Waals surface area contributed by atoms with E-state index in [0.29, 0.717) is 0 Å². The van der Waals surface area contributed by atoms with Crippen molar-refractivity contribution in [3.05, 3.63) is 64.4 Å². The highest BCUT2D eigenvalue weighted by Gasteiger charge is 2.00. The molecule has 0 radical (unpaired) electrons. The first-order chi connectivity index (χ1) is 9.24. The number of carbonyl (C=O) groups is 1. The SMILES string of the molecule is C/C(=C/C(=O)Nc1ccsc1)CCc1ccccc1. The highest BCUT2D eigenvalue weighted by molar-refractivity contribution is 7.08. The molecule has 1 heterocycles. The second kappa shape index (κ2) is 6.90. The smallest absolute Gasteiger partial charge is 0.248 e. The number of thiophene rings is 1. The summed E-state index contributed by atoms with van der Waals surface area (Å²) >= 11 is 1.57. The van der Waals surface area contributed by atoms with Crippen LogP contribution in [0.4, 0.5) is 5.69 Å². The van der Waals surface area contributed by atoms with Crippen LogP contribution in [0.3, 0.4) is 0 Å². The molecule has 0 atom stereocenters. The van der Waals surface area contributed by atoms with Crippen molar-refractivity contribution in [1.29, 1.82) is 0 Å². The second-order valence-electron chi connectivity index (χ2n) is 4.48. The fraction of sp³-hybridized carbons (Fsp3) is 0.188. The molecule has 0 aliphatic rings. The number of allylic oxidation sites excluding steroid dienone is 1. The molecule has 0 spiro atoms. The standard InChI is InChI=1S/C16H17NOS/c1-13(7-8-14-5-3-2-4-6-14)11-16(18)17-15-9-10-19-12-15/h2-6,9-12H,7-8H2,1H3,(H,17,18)/b13-11-. The van der Waals surface area contributed by atoms with Crippen LogP contribution in [-0.4, -0.2) is 5.91 Å². The van der Waals surface area contributed by atoms with Crippen molar-refractivity contribution in [2.75, 3.05) is 5.32 Å². The summed E-state index contributed by atoms with van der Waals surface area (Å²) in [6.07, 6.45) is 3.55. The molecular weight excluding hydrogens is 254 g/mol. The average molecular weight is 271 g/mol. The van der Waals surface area contributed by atoms with E-state index in [1.165, 1.54) is 5.56 Å². The van der Waals surface area contributed by atoms with E-state index in [4.69, 9.17) is 0 Å². The van der Waals surface area contributed by atoms with Crippen molar-refractivity contribution in [3.8, 4) is 0 Å². The number of hydrogen-bond acceptors (Lipinski definition) is 2. The minimum absolute atomic E-state index is 0.0519. The van der Waals surface area contributed by atoms with Gasteiger partial charge in [0.25, 0.3) is 0 Å². The van der Waals surface area contributed by atoms with Gasteiger partial charge in [-0.05, 0) is 36.8 Å². The van der Waals surface area contributed by atoms with Crippen LogP contribution in [0.1, 0.15) is 18.9 Å². The molecule has 19 heavy (non-hydrogen) atoms. The van der Waals surface area contributed by atoms with Gasteiger partial charge in [-0.1, -0.05) is 35.9 Å². The van der Waals surface area contributed by atoms with E-state index in [0.717, 1.165) is 24.1 Å². The Labute approximate surface area is 117 Å². The van der Waals surface area contributed by atoms with E-state index < -0.39 is 0 Å². The van der Waals surface area contributed by atoms with Crippen LogP contribution < -0.4 is 5.32 Å². The van der Waals surface area contributed by atoms with E-state index in [-0.39, 0.29) is 5.91 Å². The minimum atomic E-state index is -0.0519. The van der Waals surface area contributed by atoms with Crippen LogP contribution >= 0.6 is 11.3 Å². The molecule has 0 saturated heterocycles. The Morgan fingerprint density at radius 2 is 2.05 bits per heavy atom. The molecule has 0 fully saturated rings. The molecule has 2 aromatic rings. The van der Waals surface area contributed by atoms with Gasteiger partial charge in [-0.3, -0.25) is 4.79 Å². The number of carbonyl (C=O) groups excluding carboxylic acids is 1. The summed E-state index contributed by atoms with van der Waals surface area (Å²) in [5, 5.41) is 6.71. The van der Waals surface area contributed by atoms with Crippen molar-refractivity contribution in [2.45, 2.75) is 19.8 Å². The second-order valence-corrected chi connectivity index (χ2v) is 5.26. The van der Waals surface area contributed by atoms with Crippen LogP contribution in [0, 0.1) is 0 Å². The number of aryl methyl sites for hydroxylation is 1. The summed E-state index contributed by atoms with van der Waals surface area (Å²) in [5.74, 6) is -0.0519. The minimum Gasteiger partial charge on any atom is -0.322 e. The topological polar surface area (TPSA) is 29.1 Å². The van der Waals surface area contributed by atoms with Gasteiger partial charge >= 0.3 is 0 Å². The lowest BCUT2D eigenvalue weighted by Crippen LogP contribution is -2.07. The van der Waals surface area contributed by atoms with Gasteiger partial charge in [-0.2, -0.15) is 11.3 Å². The fourth-order valence-corrected chi connectivity index (χ4v) is 2.38. The van der Waals surface area contributed by atoms with Crippen molar-refractivity contribution in [1.82, 2.24) is 0 Å². The first-order valence-electron chi connectivity index (χ1n) is 6.28. The number of benzene rings is 1. The lowest BCUT2D eigenvalue weighted by atomic mass is 10.1. The van der Waals surface area contributed by atoms with E-state index in [2.05, 4.69) is 17.4 Å². The van der Waals surface area contributed by atoms with Gasteiger partial charge in [0, 0.05) is 11.5 Å². The van der Waals surface area contributed by atoms with Gasteiger partial charge < -0.3 is 5.32 Å². The van der Waals surface area contributed by atoms with E-state index in [9.17, 15) is 4.79 Å². The highest BCUT2D eigenvalue weighted by atomic mass is 32.1. The molecule has 98 valence electrons. The molecule has 0 unspecified atom stereocenters. The van der Waals surface area contributed by atoms with Gasteiger partial charge in [0.1, 0.15) is 0 Å². The summed E-state index contributed by atoms with van der Waals surface area (Å²) in [4.78, 5) is 11.7. The zero-order chi connectivity index (χ0) is 13.5. The lowest BCUT2D eigenvalue weighted by molar-refractivity contribution is -0.111. The molecule has 1 aromatic carbocycles. The monoisotopic (exact) mass is 271 g/mol. The van der Waals surface area contributed by atoms with Crippen LogP contribution in [0.5, 0.6) is 0 Å². The molecule has 0 saturated carbocycles. The maximum atomic E-state index is 11.7. The molecule has 0 bridgehead atoms. The first kappa shape index (κ1) is 13.6. The van der Waals surface area contributed by atoms with E-state index in [1.807, 2.05) is 41.9 Å². The third-order valence-electron chi connectivity index (χ3n) is 2.82. The van der Waals surface area contributed by atoms with Crippen molar-refractivity contribution in [3.63, 3.8) is 0 Å². The number of hydrogen-bond donors (Lipinski definition) is 1. The zero-order valence-electron chi connectivity index (χ0n) is 10.9. The lowest BCUT2D eigenvalue weighted by Gasteiger charge is -2.03. The molecule has 0 aliphatic carbocycles. The molecular formula is C16H17NOS. The van der Waals surface area contributed by atoms with Gasteiger partial charge in [0.05, 0.1) is 5.69 Å². The summed E-state index contributed by atoms with van der Waals surface area (Å²) in [5.41, 5.74) is 3.26. The van der Waals surface area contributed by atoms with Crippen LogP contribution in [0.2, 0.25) is 0 Å². The van der Waals surface area contributed by atoms with Gasteiger partial charge in [0.2, 0.25) is 5.91 Å². The number of rotatable bonds is 5. The Kier molecular flexibility index (Phi) is 4.93. The molecule has 3 heteroatoms. The normalized spacial score (nSPS) is 11.3.